The van der Waals surface area contributed by atoms with E-state index in [-0.39, 0.29) is 12.3 Å². The molecule has 1 heterocycles. The van der Waals surface area contributed by atoms with Crippen LogP contribution in [0, 0.1) is 6.92 Å². The fraction of sp³-hybridized carbons (Fsp3) is 0.250. The molecular formula is C16H18BrN3O3. The van der Waals surface area contributed by atoms with Crippen molar-refractivity contribution in [1.29, 1.82) is 0 Å². The van der Waals surface area contributed by atoms with Crippen LogP contribution >= 0.6 is 15.9 Å². The number of ether oxygens (including phenoxy) is 1. The molecule has 0 aliphatic carbocycles. The molecule has 2 rings (SSSR count). The monoisotopic (exact) mass is 379 g/mol. The van der Waals surface area contributed by atoms with Gasteiger partial charge in [-0.05, 0) is 53.0 Å². The van der Waals surface area contributed by atoms with Crippen LogP contribution in [0.3, 0.4) is 0 Å². The van der Waals surface area contributed by atoms with Gasteiger partial charge in [-0.1, -0.05) is 12.1 Å². The maximum Gasteiger partial charge on any atom is 0.286 e. The average Bonchev–Trinajstić information content (AvgIpc) is 2.96. The van der Waals surface area contributed by atoms with E-state index in [4.69, 9.17) is 4.74 Å². The molecule has 7 heteroatoms. The summed E-state index contributed by atoms with van der Waals surface area (Å²) in [6, 6.07) is 9.35. The van der Waals surface area contributed by atoms with Gasteiger partial charge in [0.05, 0.1) is 6.61 Å². The summed E-state index contributed by atoms with van der Waals surface area (Å²) in [5.41, 5.74) is 6.20. The van der Waals surface area contributed by atoms with Gasteiger partial charge in [0.15, 0.2) is 0 Å². The van der Waals surface area contributed by atoms with Crippen LogP contribution in [0.1, 0.15) is 28.9 Å². The van der Waals surface area contributed by atoms with Crippen LogP contribution in [0.2, 0.25) is 0 Å². The molecule has 6 nitrogen and oxygen atoms in total. The molecule has 0 aliphatic heterocycles. The van der Waals surface area contributed by atoms with Gasteiger partial charge in [0.2, 0.25) is 5.91 Å². The van der Waals surface area contributed by atoms with Gasteiger partial charge in [0.25, 0.3) is 5.91 Å². The topological polar surface area (TPSA) is 83.2 Å². The normalized spacial score (nSPS) is 10.2. The Morgan fingerprint density at radius 3 is 2.78 bits per heavy atom. The zero-order chi connectivity index (χ0) is 16.7. The second-order valence-corrected chi connectivity index (χ2v) is 5.92. The van der Waals surface area contributed by atoms with Crippen molar-refractivity contribution in [1.82, 2.24) is 15.8 Å². The quantitative estimate of drug-likeness (QED) is 0.532. The molecule has 0 spiro atoms. The highest BCUT2D eigenvalue weighted by molar-refractivity contribution is 9.10. The first-order valence-corrected chi connectivity index (χ1v) is 7.96. The lowest BCUT2D eigenvalue weighted by molar-refractivity contribution is -0.122. The van der Waals surface area contributed by atoms with Gasteiger partial charge in [0.1, 0.15) is 11.4 Å². The van der Waals surface area contributed by atoms with E-state index in [1.807, 2.05) is 31.2 Å². The minimum Gasteiger partial charge on any atom is -0.494 e. The molecule has 0 saturated heterocycles. The smallest absolute Gasteiger partial charge is 0.286 e. The molecule has 2 amide bonds. The number of carbonyl (C=O) groups excluding carboxylic acids is 2. The minimum absolute atomic E-state index is 0.264. The molecule has 3 N–H and O–H groups in total. The molecule has 122 valence electrons. The first kappa shape index (κ1) is 17.1. The molecule has 0 bridgehead atoms. The Labute approximate surface area is 142 Å². The number of halogens is 1. The number of benzene rings is 1. The van der Waals surface area contributed by atoms with Crippen molar-refractivity contribution in [3.05, 3.63) is 52.3 Å². The van der Waals surface area contributed by atoms with Crippen molar-refractivity contribution in [2.75, 3.05) is 6.61 Å². The maximum atomic E-state index is 11.7. The van der Waals surface area contributed by atoms with Crippen molar-refractivity contribution in [3.63, 3.8) is 0 Å². The number of H-pyrrole nitrogens is 1. The Morgan fingerprint density at radius 1 is 1.26 bits per heavy atom. The highest BCUT2D eigenvalue weighted by atomic mass is 79.9. The summed E-state index contributed by atoms with van der Waals surface area (Å²) in [6.45, 7) is 2.43. The Bertz CT molecular complexity index is 685. The number of rotatable bonds is 6. The first-order chi connectivity index (χ1) is 11.0. The Hall–Kier alpha value is -2.28. The molecular weight excluding hydrogens is 362 g/mol. The average molecular weight is 380 g/mol. The van der Waals surface area contributed by atoms with E-state index in [0.717, 1.165) is 15.8 Å². The van der Waals surface area contributed by atoms with Gasteiger partial charge < -0.3 is 9.72 Å². The molecule has 0 unspecified atom stereocenters. The van der Waals surface area contributed by atoms with Crippen molar-refractivity contribution in [2.45, 2.75) is 19.8 Å². The van der Waals surface area contributed by atoms with E-state index < -0.39 is 5.91 Å². The standard InChI is InChI=1S/C16H18BrN3O3/c1-11-4-2-5-13(8-11)23-7-3-6-15(21)19-20-16(22)14-9-12(17)10-18-14/h2,4-5,8-10,18H,3,6-7H2,1H3,(H,19,21)(H,20,22). The summed E-state index contributed by atoms with van der Waals surface area (Å²) in [5.74, 6) is 0.118. The molecule has 0 radical (unpaired) electrons. The third kappa shape index (κ3) is 5.78. The lowest BCUT2D eigenvalue weighted by Crippen LogP contribution is -2.41. The van der Waals surface area contributed by atoms with E-state index in [1.54, 1.807) is 12.3 Å². The summed E-state index contributed by atoms with van der Waals surface area (Å²) in [5, 5.41) is 0. The Kier molecular flexibility index (Phi) is 6.22. The van der Waals surface area contributed by atoms with Crippen molar-refractivity contribution in [3.8, 4) is 5.75 Å². The van der Waals surface area contributed by atoms with E-state index in [9.17, 15) is 9.59 Å². The second kappa shape index (κ2) is 8.38. The molecule has 0 aliphatic rings. The van der Waals surface area contributed by atoms with Crippen molar-refractivity contribution >= 4 is 27.7 Å². The molecule has 0 fully saturated rings. The SMILES string of the molecule is Cc1cccc(OCCCC(=O)NNC(=O)c2cc(Br)c[nH]2)c1. The van der Waals surface area contributed by atoms with Gasteiger partial charge >= 0.3 is 0 Å². The summed E-state index contributed by atoms with van der Waals surface area (Å²) >= 11 is 3.23. The number of hydrogen-bond donors (Lipinski definition) is 3. The zero-order valence-corrected chi connectivity index (χ0v) is 14.3. The number of nitrogens with one attached hydrogen (secondary N) is 3. The van der Waals surface area contributed by atoms with Gasteiger partial charge in [-0.25, -0.2) is 0 Å². The Balaban J connectivity index is 1.62. The van der Waals surface area contributed by atoms with Crippen LogP contribution in [-0.4, -0.2) is 23.4 Å². The molecule has 0 saturated carbocycles. The number of hydrazine groups is 1. The molecule has 0 atom stereocenters. The number of carbonyl (C=O) groups is 2. The van der Waals surface area contributed by atoms with E-state index >= 15 is 0 Å². The number of aromatic nitrogens is 1. The fourth-order valence-corrected chi connectivity index (χ4v) is 2.23. The van der Waals surface area contributed by atoms with Gasteiger partial charge in [-0.3, -0.25) is 20.4 Å². The summed E-state index contributed by atoms with van der Waals surface area (Å²) in [6.07, 6.45) is 2.46. The minimum atomic E-state index is -0.403. The Morgan fingerprint density at radius 2 is 2.09 bits per heavy atom. The highest BCUT2D eigenvalue weighted by Gasteiger charge is 2.09. The van der Waals surface area contributed by atoms with Gasteiger partial charge in [0, 0.05) is 17.1 Å². The highest BCUT2D eigenvalue weighted by Crippen LogP contribution is 2.12. The lowest BCUT2D eigenvalue weighted by Gasteiger charge is -2.08. The predicted octanol–water partition coefficient (Wildman–Crippen LogP) is 2.71. The van der Waals surface area contributed by atoms with E-state index in [1.165, 1.54) is 0 Å². The molecule has 2 aromatic rings. The zero-order valence-electron chi connectivity index (χ0n) is 12.7. The van der Waals surface area contributed by atoms with Crippen LogP contribution in [0.5, 0.6) is 5.75 Å². The summed E-state index contributed by atoms with van der Waals surface area (Å²) in [7, 11) is 0. The third-order valence-electron chi connectivity index (χ3n) is 3.01. The van der Waals surface area contributed by atoms with Crippen LogP contribution in [0.15, 0.2) is 41.0 Å². The van der Waals surface area contributed by atoms with E-state index in [2.05, 4.69) is 31.8 Å². The largest absolute Gasteiger partial charge is 0.494 e. The summed E-state index contributed by atoms with van der Waals surface area (Å²) in [4.78, 5) is 26.1. The molecule has 23 heavy (non-hydrogen) atoms. The number of hydrogen-bond acceptors (Lipinski definition) is 3. The third-order valence-corrected chi connectivity index (χ3v) is 3.47. The second-order valence-electron chi connectivity index (χ2n) is 5.00. The molecule has 1 aromatic heterocycles. The van der Waals surface area contributed by atoms with Gasteiger partial charge in [-0.15, -0.1) is 0 Å². The van der Waals surface area contributed by atoms with Crippen molar-refractivity contribution < 1.29 is 14.3 Å². The van der Waals surface area contributed by atoms with E-state index in [0.29, 0.717) is 18.7 Å². The molecule has 1 aromatic carbocycles. The number of amides is 2. The maximum absolute atomic E-state index is 11.7. The van der Waals surface area contributed by atoms with Crippen LogP contribution < -0.4 is 15.6 Å². The first-order valence-electron chi connectivity index (χ1n) is 7.17. The summed E-state index contributed by atoms with van der Waals surface area (Å²) < 4.78 is 6.32. The predicted molar refractivity (Wildman–Crippen MR) is 90.0 cm³/mol. The number of aryl methyl sites for hydroxylation is 1. The van der Waals surface area contributed by atoms with Crippen LogP contribution in [-0.2, 0) is 4.79 Å². The van der Waals surface area contributed by atoms with Gasteiger partial charge in [-0.2, -0.15) is 0 Å². The fourth-order valence-electron chi connectivity index (χ4n) is 1.88. The van der Waals surface area contributed by atoms with Crippen LogP contribution in [0.25, 0.3) is 0 Å². The van der Waals surface area contributed by atoms with Crippen LogP contribution in [0.4, 0.5) is 0 Å². The van der Waals surface area contributed by atoms with Crippen molar-refractivity contribution in [2.24, 2.45) is 0 Å². The lowest BCUT2D eigenvalue weighted by atomic mass is 10.2. The number of aromatic amines is 1.